The predicted octanol–water partition coefficient (Wildman–Crippen LogP) is 3.73. The summed E-state index contributed by atoms with van der Waals surface area (Å²) in [4.78, 5) is 4.62. The molecule has 1 aliphatic carbocycles. The van der Waals surface area contributed by atoms with Gasteiger partial charge in [-0.1, -0.05) is 23.7 Å². The number of benzene rings is 1. The maximum Gasteiger partial charge on any atom is 0.140 e. The summed E-state index contributed by atoms with van der Waals surface area (Å²) in [6.07, 6.45) is 5.44. The molecular weight excluding hydrogens is 270 g/mol. The normalized spacial score (nSPS) is 13.8. The minimum absolute atomic E-state index is 0.662. The van der Waals surface area contributed by atoms with Gasteiger partial charge in [-0.15, -0.1) is 0 Å². The lowest BCUT2D eigenvalue weighted by molar-refractivity contribution is 0.912. The van der Waals surface area contributed by atoms with E-state index in [2.05, 4.69) is 23.2 Å². The van der Waals surface area contributed by atoms with Gasteiger partial charge in [0, 0.05) is 22.8 Å². The number of aryl methyl sites for hydroxylation is 2. The molecule has 1 aromatic carbocycles. The van der Waals surface area contributed by atoms with Crippen molar-refractivity contribution in [1.82, 2.24) is 9.38 Å². The fraction of sp³-hybridized carbons (Fsp3) is 0.188. The van der Waals surface area contributed by atoms with Crippen molar-refractivity contribution in [2.24, 2.45) is 0 Å². The fourth-order valence-corrected chi connectivity index (χ4v) is 3.12. The third kappa shape index (κ3) is 1.70. The first-order chi connectivity index (χ1) is 9.72. The average molecular weight is 284 g/mol. The molecule has 4 rings (SSSR count). The number of hydrogen-bond donors (Lipinski definition) is 1. The van der Waals surface area contributed by atoms with E-state index in [-0.39, 0.29) is 0 Å². The van der Waals surface area contributed by atoms with Gasteiger partial charge in [0.25, 0.3) is 0 Å². The van der Waals surface area contributed by atoms with Gasteiger partial charge in [-0.2, -0.15) is 0 Å². The molecule has 0 bridgehead atoms. The Bertz CT molecular complexity index is 820. The van der Waals surface area contributed by atoms with E-state index in [1.54, 1.807) is 0 Å². The molecule has 2 N–H and O–H groups in total. The van der Waals surface area contributed by atoms with Crippen LogP contribution in [0.3, 0.4) is 0 Å². The highest BCUT2D eigenvalue weighted by Crippen LogP contribution is 2.31. The molecule has 100 valence electrons. The van der Waals surface area contributed by atoms with Crippen molar-refractivity contribution in [3.05, 3.63) is 52.7 Å². The second-order valence-corrected chi connectivity index (χ2v) is 5.69. The number of rotatable bonds is 1. The van der Waals surface area contributed by atoms with E-state index in [9.17, 15) is 0 Å². The van der Waals surface area contributed by atoms with Crippen molar-refractivity contribution in [1.29, 1.82) is 0 Å². The summed E-state index contributed by atoms with van der Waals surface area (Å²) in [5.74, 6) is 0.662. The third-order valence-electron chi connectivity index (χ3n) is 4.00. The molecule has 3 aromatic rings. The van der Waals surface area contributed by atoms with Crippen molar-refractivity contribution >= 4 is 23.1 Å². The quantitative estimate of drug-likeness (QED) is 0.739. The minimum Gasteiger partial charge on any atom is -0.383 e. The summed E-state index contributed by atoms with van der Waals surface area (Å²) in [5, 5.41) is 0.669. The van der Waals surface area contributed by atoms with Crippen LogP contribution in [0.1, 0.15) is 17.5 Å². The fourth-order valence-electron chi connectivity index (χ4n) is 2.97. The van der Waals surface area contributed by atoms with Crippen LogP contribution < -0.4 is 5.73 Å². The van der Waals surface area contributed by atoms with Gasteiger partial charge in [0.05, 0.1) is 0 Å². The number of nitrogen functional groups attached to an aromatic ring is 1. The summed E-state index contributed by atoms with van der Waals surface area (Å²) in [6, 6.07) is 10.2. The predicted molar refractivity (Wildman–Crippen MR) is 82.1 cm³/mol. The summed E-state index contributed by atoms with van der Waals surface area (Å²) in [5.41, 5.74) is 11.8. The molecule has 2 aromatic heterocycles. The second-order valence-electron chi connectivity index (χ2n) is 5.26. The first-order valence-corrected chi connectivity index (χ1v) is 7.15. The van der Waals surface area contributed by atoms with Gasteiger partial charge >= 0.3 is 0 Å². The molecule has 0 spiro atoms. The maximum atomic E-state index is 6.22. The van der Waals surface area contributed by atoms with Gasteiger partial charge in [0.1, 0.15) is 17.2 Å². The Morgan fingerprint density at radius 1 is 1.10 bits per heavy atom. The van der Waals surface area contributed by atoms with E-state index in [1.807, 2.05) is 22.7 Å². The van der Waals surface area contributed by atoms with Crippen LogP contribution in [-0.2, 0) is 12.8 Å². The van der Waals surface area contributed by atoms with Crippen LogP contribution in [0.15, 0.2) is 36.5 Å². The number of anilines is 1. The van der Waals surface area contributed by atoms with Crippen LogP contribution in [-0.4, -0.2) is 9.38 Å². The number of pyridine rings is 1. The molecule has 4 heteroatoms. The third-order valence-corrected chi connectivity index (χ3v) is 4.23. The number of halogens is 1. The molecule has 0 unspecified atom stereocenters. The van der Waals surface area contributed by atoms with Crippen LogP contribution in [0, 0.1) is 0 Å². The zero-order chi connectivity index (χ0) is 13.7. The van der Waals surface area contributed by atoms with Crippen molar-refractivity contribution < 1.29 is 0 Å². The number of fused-ring (bicyclic) bond motifs is 2. The largest absolute Gasteiger partial charge is 0.383 e. The maximum absolute atomic E-state index is 6.22. The van der Waals surface area contributed by atoms with E-state index in [0.29, 0.717) is 10.8 Å². The van der Waals surface area contributed by atoms with Gasteiger partial charge in [0.15, 0.2) is 0 Å². The lowest BCUT2D eigenvalue weighted by Crippen LogP contribution is -1.94. The van der Waals surface area contributed by atoms with Gasteiger partial charge < -0.3 is 5.73 Å². The number of nitrogens with zero attached hydrogens (tertiary/aromatic N) is 2. The van der Waals surface area contributed by atoms with Crippen molar-refractivity contribution in [3.63, 3.8) is 0 Å². The van der Waals surface area contributed by atoms with Crippen LogP contribution in [0.5, 0.6) is 0 Å². The Morgan fingerprint density at radius 2 is 1.95 bits per heavy atom. The van der Waals surface area contributed by atoms with Crippen LogP contribution in [0.2, 0.25) is 5.02 Å². The molecule has 0 amide bonds. The number of nitrogens with two attached hydrogens (primary N) is 1. The smallest absolute Gasteiger partial charge is 0.140 e. The van der Waals surface area contributed by atoms with Gasteiger partial charge in [-0.05, 0) is 42.5 Å². The number of aromatic nitrogens is 2. The van der Waals surface area contributed by atoms with E-state index in [4.69, 9.17) is 17.3 Å². The van der Waals surface area contributed by atoms with Gasteiger partial charge in [-0.25, -0.2) is 4.98 Å². The first-order valence-electron chi connectivity index (χ1n) is 6.77. The monoisotopic (exact) mass is 283 g/mol. The minimum atomic E-state index is 0.662. The molecule has 0 fully saturated rings. The molecular formula is C16H14ClN3. The molecule has 0 atom stereocenters. The first kappa shape index (κ1) is 11.8. The lowest BCUT2D eigenvalue weighted by atomic mass is 10.0. The average Bonchev–Trinajstić information content (AvgIpc) is 3.02. The van der Waals surface area contributed by atoms with Crippen LogP contribution in [0.4, 0.5) is 5.82 Å². The molecule has 0 saturated carbocycles. The topological polar surface area (TPSA) is 43.3 Å². The summed E-state index contributed by atoms with van der Waals surface area (Å²) >= 11 is 6.01. The zero-order valence-electron chi connectivity index (χ0n) is 10.9. The highest BCUT2D eigenvalue weighted by molar-refractivity contribution is 6.30. The number of hydrogen-bond acceptors (Lipinski definition) is 2. The summed E-state index contributed by atoms with van der Waals surface area (Å²) < 4.78 is 1.87. The highest BCUT2D eigenvalue weighted by Gasteiger charge is 2.15. The van der Waals surface area contributed by atoms with Crippen molar-refractivity contribution in [3.8, 4) is 11.3 Å². The summed E-state index contributed by atoms with van der Waals surface area (Å²) in [7, 11) is 0. The molecule has 20 heavy (non-hydrogen) atoms. The van der Waals surface area contributed by atoms with Crippen molar-refractivity contribution in [2.75, 3.05) is 5.73 Å². The lowest BCUT2D eigenvalue weighted by Gasteiger charge is -2.03. The SMILES string of the molecule is Nc1c(-c2ccc3c(c2)CCC3)nc2cc(Cl)ccn12. The Morgan fingerprint density at radius 3 is 2.85 bits per heavy atom. The molecule has 0 radical (unpaired) electrons. The van der Waals surface area contributed by atoms with Gasteiger partial charge in [0.2, 0.25) is 0 Å². The standard InChI is InChI=1S/C16H14ClN3/c17-13-6-7-20-14(9-13)19-15(16(20)18)12-5-4-10-2-1-3-11(10)8-12/h4-9H,1-3,18H2. The van der Waals surface area contributed by atoms with Crippen molar-refractivity contribution in [2.45, 2.75) is 19.3 Å². The molecule has 3 nitrogen and oxygen atoms in total. The molecule has 1 aliphatic rings. The highest BCUT2D eigenvalue weighted by atomic mass is 35.5. The van der Waals surface area contributed by atoms with E-state index in [1.165, 1.54) is 24.0 Å². The van der Waals surface area contributed by atoms with Crippen LogP contribution in [0.25, 0.3) is 16.9 Å². The van der Waals surface area contributed by atoms with Gasteiger partial charge in [-0.3, -0.25) is 4.40 Å². The number of imidazole rings is 1. The van der Waals surface area contributed by atoms with E-state index < -0.39 is 0 Å². The molecule has 0 aliphatic heterocycles. The Labute approximate surface area is 122 Å². The zero-order valence-corrected chi connectivity index (χ0v) is 11.7. The second kappa shape index (κ2) is 4.25. The Balaban J connectivity index is 1.91. The Hall–Kier alpha value is -2.00. The van der Waals surface area contributed by atoms with E-state index >= 15 is 0 Å². The molecule has 0 saturated heterocycles. The summed E-state index contributed by atoms with van der Waals surface area (Å²) in [6.45, 7) is 0. The van der Waals surface area contributed by atoms with Crippen LogP contribution >= 0.6 is 11.6 Å². The van der Waals surface area contributed by atoms with E-state index in [0.717, 1.165) is 23.3 Å². The Kier molecular flexibility index (Phi) is 2.51. The molecule has 2 heterocycles.